The van der Waals surface area contributed by atoms with Crippen LogP contribution in [0.1, 0.15) is 52.4 Å². The molecule has 4 heteroatoms. The van der Waals surface area contributed by atoms with E-state index in [1.165, 1.54) is 6.42 Å². The summed E-state index contributed by atoms with van der Waals surface area (Å²) in [7, 11) is 0. The van der Waals surface area contributed by atoms with Crippen molar-refractivity contribution >= 4 is 5.91 Å². The zero-order valence-corrected chi connectivity index (χ0v) is 11.4. The Labute approximate surface area is 109 Å². The number of carbonyl (C=O) groups is 1. The summed E-state index contributed by atoms with van der Waals surface area (Å²) in [6.07, 6.45) is 7.49. The molecular weight excluding hydrogens is 228 g/mol. The highest BCUT2D eigenvalue weighted by molar-refractivity contribution is 5.84. The number of ether oxygens (including phenoxy) is 1. The van der Waals surface area contributed by atoms with Crippen molar-refractivity contribution in [2.75, 3.05) is 0 Å². The Bertz CT molecular complexity index is 334. The van der Waals surface area contributed by atoms with E-state index in [1.807, 2.05) is 0 Å². The summed E-state index contributed by atoms with van der Waals surface area (Å²) in [6.45, 7) is 4.28. The van der Waals surface area contributed by atoms with Crippen LogP contribution in [-0.4, -0.2) is 41.3 Å². The highest BCUT2D eigenvalue weighted by Crippen LogP contribution is 2.39. The molecule has 2 bridgehead atoms. The van der Waals surface area contributed by atoms with Crippen molar-refractivity contribution in [1.29, 1.82) is 0 Å². The van der Waals surface area contributed by atoms with Crippen LogP contribution in [0, 0.1) is 0 Å². The van der Waals surface area contributed by atoms with Gasteiger partial charge in [-0.1, -0.05) is 19.8 Å². The van der Waals surface area contributed by atoms with Gasteiger partial charge in [-0.3, -0.25) is 10.1 Å². The molecule has 3 saturated heterocycles. The minimum Gasteiger partial charge on any atom is -0.373 e. The Hall–Kier alpha value is -0.610. The number of fused-ring (bicyclic) bond motifs is 2. The molecule has 3 heterocycles. The number of nitrogens with zero attached hydrogens (tertiary/aromatic N) is 1. The van der Waals surface area contributed by atoms with Crippen LogP contribution in [0.4, 0.5) is 0 Å². The number of unbranched alkanes of at least 4 members (excludes halogenated alkanes) is 1. The van der Waals surface area contributed by atoms with Gasteiger partial charge in [0.05, 0.1) is 30.5 Å². The normalized spacial score (nSPS) is 43.1. The van der Waals surface area contributed by atoms with Gasteiger partial charge < -0.3 is 9.64 Å². The zero-order valence-electron chi connectivity index (χ0n) is 11.4. The molecule has 0 aliphatic carbocycles. The quantitative estimate of drug-likeness (QED) is 0.827. The number of hydrogen-bond acceptors (Lipinski definition) is 3. The number of carbonyl (C=O) groups excluding carboxylic acids is 1. The Balaban J connectivity index is 1.67. The van der Waals surface area contributed by atoms with E-state index in [0.717, 1.165) is 32.1 Å². The van der Waals surface area contributed by atoms with Crippen LogP contribution in [0.25, 0.3) is 0 Å². The van der Waals surface area contributed by atoms with Gasteiger partial charge in [-0.2, -0.15) is 0 Å². The molecule has 1 amide bonds. The van der Waals surface area contributed by atoms with Crippen molar-refractivity contribution in [3.63, 3.8) is 0 Å². The molecule has 5 atom stereocenters. The van der Waals surface area contributed by atoms with Crippen LogP contribution < -0.4 is 5.32 Å². The molecule has 3 rings (SSSR count). The molecule has 3 aliphatic heterocycles. The molecule has 0 aromatic carbocycles. The molecule has 0 saturated carbocycles. The van der Waals surface area contributed by atoms with E-state index in [-0.39, 0.29) is 12.2 Å². The zero-order chi connectivity index (χ0) is 12.7. The maximum absolute atomic E-state index is 12.5. The lowest BCUT2D eigenvalue weighted by Gasteiger charge is -2.32. The monoisotopic (exact) mass is 252 g/mol. The van der Waals surface area contributed by atoms with Crippen LogP contribution >= 0.6 is 0 Å². The first kappa shape index (κ1) is 12.4. The van der Waals surface area contributed by atoms with Gasteiger partial charge in [0, 0.05) is 0 Å². The van der Waals surface area contributed by atoms with E-state index < -0.39 is 0 Å². The van der Waals surface area contributed by atoms with Crippen molar-refractivity contribution < 1.29 is 9.53 Å². The Morgan fingerprint density at radius 3 is 2.89 bits per heavy atom. The highest BCUT2D eigenvalue weighted by atomic mass is 16.5. The van der Waals surface area contributed by atoms with E-state index in [4.69, 9.17) is 4.74 Å². The lowest BCUT2D eigenvalue weighted by molar-refractivity contribution is -0.133. The van der Waals surface area contributed by atoms with Gasteiger partial charge in [-0.05, 0) is 32.6 Å². The van der Waals surface area contributed by atoms with Crippen molar-refractivity contribution in [3.8, 4) is 0 Å². The van der Waals surface area contributed by atoms with E-state index in [1.54, 1.807) is 0 Å². The second-order valence-corrected chi connectivity index (χ2v) is 5.96. The molecule has 102 valence electrons. The van der Waals surface area contributed by atoms with Crippen LogP contribution in [0.15, 0.2) is 0 Å². The molecule has 1 N–H and O–H groups in total. The fourth-order valence-electron chi connectivity index (χ4n) is 3.78. The van der Waals surface area contributed by atoms with Crippen molar-refractivity contribution in [3.05, 3.63) is 0 Å². The smallest absolute Gasteiger partial charge is 0.241 e. The third-order valence-corrected chi connectivity index (χ3v) is 4.69. The average Bonchev–Trinajstić information content (AvgIpc) is 3.02. The summed E-state index contributed by atoms with van der Waals surface area (Å²) >= 11 is 0. The molecule has 0 aromatic rings. The summed E-state index contributed by atoms with van der Waals surface area (Å²) in [4.78, 5) is 14.6. The predicted molar refractivity (Wildman–Crippen MR) is 69.1 cm³/mol. The third-order valence-electron chi connectivity index (χ3n) is 4.69. The van der Waals surface area contributed by atoms with Gasteiger partial charge in [0.2, 0.25) is 5.91 Å². The van der Waals surface area contributed by atoms with E-state index in [9.17, 15) is 4.79 Å². The number of nitrogens with one attached hydrogen (secondary N) is 1. The molecule has 3 aliphatic rings. The first-order chi connectivity index (χ1) is 8.70. The number of rotatable bonds is 4. The van der Waals surface area contributed by atoms with Crippen molar-refractivity contribution in [2.24, 2.45) is 0 Å². The first-order valence-electron chi connectivity index (χ1n) is 7.44. The van der Waals surface area contributed by atoms with E-state index >= 15 is 0 Å². The van der Waals surface area contributed by atoms with Gasteiger partial charge in [-0.15, -0.1) is 0 Å². The SMILES string of the molecule is CCCCC1NC(C)N(C2CC3CCC2O3)C1=O. The second-order valence-electron chi connectivity index (χ2n) is 5.96. The van der Waals surface area contributed by atoms with Gasteiger partial charge in [-0.25, -0.2) is 0 Å². The molecule has 0 radical (unpaired) electrons. The van der Waals surface area contributed by atoms with Gasteiger partial charge in [0.15, 0.2) is 0 Å². The summed E-state index contributed by atoms with van der Waals surface area (Å²) in [5.74, 6) is 0.303. The largest absolute Gasteiger partial charge is 0.373 e. The van der Waals surface area contributed by atoms with Crippen LogP contribution in [0.5, 0.6) is 0 Å². The third kappa shape index (κ3) is 1.95. The van der Waals surface area contributed by atoms with Gasteiger partial charge >= 0.3 is 0 Å². The maximum Gasteiger partial charge on any atom is 0.241 e. The van der Waals surface area contributed by atoms with Crippen LogP contribution in [0.3, 0.4) is 0 Å². The maximum atomic E-state index is 12.5. The summed E-state index contributed by atoms with van der Waals surface area (Å²) in [5, 5.41) is 3.45. The van der Waals surface area contributed by atoms with Gasteiger partial charge in [0.25, 0.3) is 0 Å². The number of amides is 1. The minimum absolute atomic E-state index is 0.0408. The molecule has 0 aromatic heterocycles. The summed E-state index contributed by atoms with van der Waals surface area (Å²) < 4.78 is 5.89. The number of hydrogen-bond donors (Lipinski definition) is 1. The fraction of sp³-hybridized carbons (Fsp3) is 0.929. The lowest BCUT2D eigenvalue weighted by Crippen LogP contribution is -2.47. The average molecular weight is 252 g/mol. The van der Waals surface area contributed by atoms with Crippen LogP contribution in [-0.2, 0) is 9.53 Å². The van der Waals surface area contributed by atoms with Crippen molar-refractivity contribution in [2.45, 2.75) is 82.8 Å². The highest BCUT2D eigenvalue weighted by Gasteiger charge is 2.49. The predicted octanol–water partition coefficient (Wildman–Crippen LogP) is 1.64. The fourth-order valence-corrected chi connectivity index (χ4v) is 3.78. The Kier molecular flexibility index (Phi) is 3.32. The molecule has 3 fully saturated rings. The van der Waals surface area contributed by atoms with Crippen LogP contribution in [0.2, 0.25) is 0 Å². The Morgan fingerprint density at radius 2 is 2.28 bits per heavy atom. The molecule has 18 heavy (non-hydrogen) atoms. The summed E-state index contributed by atoms with van der Waals surface area (Å²) in [6, 6.07) is 0.365. The topological polar surface area (TPSA) is 41.6 Å². The van der Waals surface area contributed by atoms with E-state index in [2.05, 4.69) is 24.1 Å². The standard InChI is InChI=1S/C14H24N2O2/c1-3-4-5-11-14(17)16(9(2)15-11)12-8-10-6-7-13(12)18-10/h9-13,15H,3-8H2,1-2H3. The second kappa shape index (κ2) is 4.82. The molecule has 5 unspecified atom stereocenters. The van der Waals surface area contributed by atoms with Gasteiger partial charge in [0.1, 0.15) is 0 Å². The molecular formula is C14H24N2O2. The molecule has 4 nitrogen and oxygen atoms in total. The van der Waals surface area contributed by atoms with E-state index in [0.29, 0.717) is 24.2 Å². The Morgan fingerprint density at radius 1 is 1.44 bits per heavy atom. The van der Waals surface area contributed by atoms with Crippen molar-refractivity contribution in [1.82, 2.24) is 10.2 Å². The summed E-state index contributed by atoms with van der Waals surface area (Å²) in [5.41, 5.74) is 0. The lowest BCUT2D eigenvalue weighted by atomic mass is 9.94. The minimum atomic E-state index is 0.0408. The first-order valence-corrected chi connectivity index (χ1v) is 7.44. The molecule has 0 spiro atoms.